The van der Waals surface area contributed by atoms with Crippen molar-refractivity contribution in [2.75, 3.05) is 33.4 Å². The summed E-state index contributed by atoms with van der Waals surface area (Å²) in [5.41, 5.74) is 1.65. The molecule has 2 aliphatic rings. The molecule has 2 aliphatic heterocycles. The van der Waals surface area contributed by atoms with Crippen molar-refractivity contribution in [1.29, 1.82) is 0 Å². The van der Waals surface area contributed by atoms with Crippen LogP contribution in [-0.4, -0.2) is 53.9 Å². The maximum atomic E-state index is 12.6. The van der Waals surface area contributed by atoms with Gasteiger partial charge in [0.25, 0.3) is 0 Å². The summed E-state index contributed by atoms with van der Waals surface area (Å²) >= 11 is 12.2. The fraction of sp³-hybridized carbons (Fsp3) is 0.409. The average Bonchev–Trinajstić information content (AvgIpc) is 3.10. The number of methoxy groups -OCH3 is 1. The van der Waals surface area contributed by atoms with Gasteiger partial charge in [0.15, 0.2) is 11.5 Å². The maximum Gasteiger partial charge on any atom is 0.326 e. The lowest BCUT2D eigenvalue weighted by atomic mass is 10.0. The zero-order chi connectivity index (χ0) is 21.5. The third-order valence-corrected chi connectivity index (χ3v) is 6.73. The summed E-state index contributed by atoms with van der Waals surface area (Å²) in [6, 6.07) is 9.25. The Bertz CT molecular complexity index is 1170. The van der Waals surface area contributed by atoms with Gasteiger partial charge < -0.3 is 19.2 Å². The summed E-state index contributed by atoms with van der Waals surface area (Å²) in [4.78, 5) is 17.9. The number of likely N-dealkylation sites (tertiary alicyclic amines) is 1. The third kappa shape index (κ3) is 3.97. The molecule has 1 N–H and O–H groups in total. The van der Waals surface area contributed by atoms with E-state index in [9.17, 15) is 4.79 Å². The molecule has 0 spiro atoms. The number of hydrogen-bond donors (Lipinski definition) is 1. The van der Waals surface area contributed by atoms with Crippen molar-refractivity contribution >= 4 is 34.2 Å². The Hall–Kier alpha value is -2.35. The van der Waals surface area contributed by atoms with Crippen molar-refractivity contribution in [2.24, 2.45) is 0 Å². The maximum absolute atomic E-state index is 12.6. The number of piperidine rings is 1. The van der Waals surface area contributed by atoms with Crippen LogP contribution in [0.4, 0.5) is 0 Å². The van der Waals surface area contributed by atoms with Crippen molar-refractivity contribution in [2.45, 2.75) is 25.0 Å². The van der Waals surface area contributed by atoms with Crippen LogP contribution < -0.4 is 19.9 Å². The van der Waals surface area contributed by atoms with E-state index in [1.54, 1.807) is 19.2 Å². The first-order valence-electron chi connectivity index (χ1n) is 10.3. The molecule has 9 heteroatoms. The second-order valence-electron chi connectivity index (χ2n) is 7.98. The van der Waals surface area contributed by atoms with Gasteiger partial charge >= 0.3 is 5.69 Å². The molecule has 0 bridgehead atoms. The summed E-state index contributed by atoms with van der Waals surface area (Å²) in [5, 5.41) is 0.905. The predicted molar refractivity (Wildman–Crippen MR) is 120 cm³/mol. The first-order valence-corrected chi connectivity index (χ1v) is 11.1. The largest absolute Gasteiger partial charge is 0.497 e. The van der Waals surface area contributed by atoms with Crippen LogP contribution in [0.1, 0.15) is 18.9 Å². The quantitative estimate of drug-likeness (QED) is 0.629. The monoisotopic (exact) mass is 463 g/mol. The summed E-state index contributed by atoms with van der Waals surface area (Å²) in [6.07, 6.45) is 1.71. The van der Waals surface area contributed by atoms with Gasteiger partial charge in [0.2, 0.25) is 0 Å². The molecule has 1 atom stereocenters. The molecule has 3 heterocycles. The van der Waals surface area contributed by atoms with Crippen LogP contribution in [0, 0.1) is 0 Å². The molecule has 31 heavy (non-hydrogen) atoms. The number of nitrogens with zero attached hydrogens (tertiary/aromatic N) is 2. The van der Waals surface area contributed by atoms with E-state index >= 15 is 0 Å². The van der Waals surface area contributed by atoms with Crippen molar-refractivity contribution in [1.82, 2.24) is 14.5 Å². The number of ether oxygens (including phenoxy) is 3. The Morgan fingerprint density at radius 2 is 1.87 bits per heavy atom. The fourth-order valence-electron chi connectivity index (χ4n) is 4.45. The molecule has 0 amide bonds. The lowest BCUT2D eigenvalue weighted by Gasteiger charge is -2.36. The molecule has 5 rings (SSSR count). The van der Waals surface area contributed by atoms with E-state index in [1.807, 2.05) is 22.8 Å². The van der Waals surface area contributed by atoms with E-state index in [1.165, 1.54) is 0 Å². The molecule has 2 aromatic carbocycles. The summed E-state index contributed by atoms with van der Waals surface area (Å²) in [7, 11) is 1.62. The van der Waals surface area contributed by atoms with Crippen molar-refractivity contribution in [3.63, 3.8) is 0 Å². The highest BCUT2D eigenvalue weighted by Crippen LogP contribution is 2.39. The number of halogens is 2. The second-order valence-corrected chi connectivity index (χ2v) is 8.79. The lowest BCUT2D eigenvalue weighted by Crippen LogP contribution is -2.45. The van der Waals surface area contributed by atoms with E-state index in [2.05, 4.69) is 9.88 Å². The van der Waals surface area contributed by atoms with Crippen LogP contribution in [-0.2, 0) is 0 Å². The van der Waals surface area contributed by atoms with Crippen LogP contribution in [0.2, 0.25) is 10.0 Å². The summed E-state index contributed by atoms with van der Waals surface area (Å²) in [6.45, 7) is 2.99. The Morgan fingerprint density at radius 1 is 1.13 bits per heavy atom. The van der Waals surface area contributed by atoms with E-state index in [4.69, 9.17) is 37.4 Å². The molecule has 3 aromatic rings. The summed E-state index contributed by atoms with van der Waals surface area (Å²) in [5.74, 6) is 1.98. The number of benzene rings is 2. The zero-order valence-corrected chi connectivity index (χ0v) is 18.6. The molecule has 1 fully saturated rings. The van der Waals surface area contributed by atoms with Gasteiger partial charge in [-0.3, -0.25) is 9.47 Å². The molecule has 1 aromatic heterocycles. The Labute approximate surface area is 189 Å². The number of rotatable bonds is 4. The summed E-state index contributed by atoms with van der Waals surface area (Å²) < 4.78 is 19.1. The predicted octanol–water partition coefficient (Wildman–Crippen LogP) is 4.12. The highest BCUT2D eigenvalue weighted by Gasteiger charge is 2.28. The van der Waals surface area contributed by atoms with Gasteiger partial charge in [0.05, 0.1) is 28.2 Å². The molecule has 0 saturated carbocycles. The standard InChI is InChI=1S/C22H23Cl2N3O4/c1-29-14-2-3-19-18(8-14)25-22(28)27(19)13-4-6-26(7-5-13)11-15-12-30-20-9-16(23)17(24)10-21(20)31-15/h2-3,8-10,13,15H,4-7,11-12H2,1H3,(H,25,28). The van der Waals surface area contributed by atoms with Crippen molar-refractivity contribution in [3.05, 3.63) is 50.9 Å². The fourth-order valence-corrected chi connectivity index (χ4v) is 4.76. The van der Waals surface area contributed by atoms with Gasteiger partial charge in [-0.25, -0.2) is 4.79 Å². The zero-order valence-electron chi connectivity index (χ0n) is 17.1. The number of fused-ring (bicyclic) bond motifs is 2. The van der Waals surface area contributed by atoms with Gasteiger partial charge in [-0.15, -0.1) is 0 Å². The van der Waals surface area contributed by atoms with Crippen LogP contribution in [0.25, 0.3) is 11.0 Å². The minimum Gasteiger partial charge on any atom is -0.497 e. The van der Waals surface area contributed by atoms with Gasteiger partial charge in [-0.2, -0.15) is 0 Å². The van der Waals surface area contributed by atoms with E-state index in [-0.39, 0.29) is 17.8 Å². The molecular formula is C22H23Cl2N3O4. The van der Waals surface area contributed by atoms with E-state index in [0.717, 1.165) is 49.3 Å². The topological polar surface area (TPSA) is 68.7 Å². The number of H-pyrrole nitrogens is 1. The van der Waals surface area contributed by atoms with Crippen LogP contribution in [0.3, 0.4) is 0 Å². The minimum atomic E-state index is -0.0791. The Kier molecular flexibility index (Phi) is 5.50. The molecule has 0 radical (unpaired) electrons. The Morgan fingerprint density at radius 3 is 2.61 bits per heavy atom. The SMILES string of the molecule is COc1ccc2c(c1)[nH]c(=O)n2C1CCN(CC2COc3cc(Cl)c(Cl)cc3O2)CC1. The van der Waals surface area contributed by atoms with Crippen LogP contribution in [0.15, 0.2) is 35.1 Å². The van der Waals surface area contributed by atoms with Gasteiger partial charge in [0.1, 0.15) is 18.5 Å². The van der Waals surface area contributed by atoms with E-state index in [0.29, 0.717) is 28.2 Å². The Balaban J connectivity index is 1.23. The number of imidazole rings is 1. The number of hydrogen-bond acceptors (Lipinski definition) is 5. The number of aromatic nitrogens is 2. The first kappa shape index (κ1) is 20.5. The molecular weight excluding hydrogens is 441 g/mol. The molecule has 7 nitrogen and oxygen atoms in total. The molecule has 1 saturated heterocycles. The van der Waals surface area contributed by atoms with Crippen LogP contribution >= 0.6 is 23.2 Å². The van der Waals surface area contributed by atoms with Gasteiger partial charge in [0, 0.05) is 43.9 Å². The van der Waals surface area contributed by atoms with Crippen molar-refractivity contribution < 1.29 is 14.2 Å². The highest BCUT2D eigenvalue weighted by atomic mass is 35.5. The minimum absolute atomic E-state index is 0.0714. The van der Waals surface area contributed by atoms with Crippen LogP contribution in [0.5, 0.6) is 17.2 Å². The smallest absolute Gasteiger partial charge is 0.326 e. The lowest BCUT2D eigenvalue weighted by molar-refractivity contribution is 0.0485. The third-order valence-electron chi connectivity index (χ3n) is 6.01. The molecule has 1 unspecified atom stereocenters. The van der Waals surface area contributed by atoms with E-state index < -0.39 is 0 Å². The normalized spacial score (nSPS) is 19.6. The molecule has 0 aliphatic carbocycles. The van der Waals surface area contributed by atoms with Gasteiger partial charge in [-0.1, -0.05) is 23.2 Å². The first-order chi connectivity index (χ1) is 15.0. The number of aromatic amines is 1. The van der Waals surface area contributed by atoms with Crippen molar-refractivity contribution in [3.8, 4) is 17.2 Å². The molecule has 164 valence electrons. The second kappa shape index (κ2) is 8.30. The number of nitrogens with one attached hydrogen (secondary N) is 1. The average molecular weight is 464 g/mol. The van der Waals surface area contributed by atoms with Gasteiger partial charge in [-0.05, 0) is 25.0 Å². The highest BCUT2D eigenvalue weighted by molar-refractivity contribution is 6.42.